The van der Waals surface area contributed by atoms with Gasteiger partial charge in [0.05, 0.1) is 0 Å². The summed E-state index contributed by atoms with van der Waals surface area (Å²) in [4.78, 5) is 0. The molecule has 0 aromatic carbocycles. The normalized spacial score (nSPS) is 42.3. The molecule has 4 aliphatic rings. The van der Waals surface area contributed by atoms with Gasteiger partial charge in [0, 0.05) is 0 Å². The standard InChI is InChI=1S/C14F24/c15-5(16)1(11(27,28)29)6(17,18)3(13(33,34)35)8(21,22)2(5,12(30,31)32)9(23,24)4(7(1,19)20,10(3,25)26)14(36,37)38. The Morgan fingerprint density at radius 1 is 0.211 bits per heavy atom. The van der Waals surface area contributed by atoms with Crippen molar-refractivity contribution >= 4 is 0 Å². The van der Waals surface area contributed by atoms with E-state index in [0.717, 1.165) is 0 Å². The first-order chi connectivity index (χ1) is 16.0. The fourth-order valence-corrected chi connectivity index (χ4v) is 6.19. The maximum absolute atomic E-state index is 14.8. The summed E-state index contributed by atoms with van der Waals surface area (Å²) in [5.41, 5.74) is -38.2. The van der Waals surface area contributed by atoms with Gasteiger partial charge in [0.15, 0.2) is 0 Å². The van der Waals surface area contributed by atoms with Gasteiger partial charge in [-0.1, -0.05) is 0 Å². The molecule has 224 valence electrons. The maximum atomic E-state index is 14.8. The van der Waals surface area contributed by atoms with Crippen LogP contribution in [0.15, 0.2) is 0 Å². The van der Waals surface area contributed by atoms with Crippen molar-refractivity contribution in [1.82, 2.24) is 0 Å². The second-order valence-corrected chi connectivity index (χ2v) is 8.44. The minimum Gasteiger partial charge on any atom is -0.204 e. The molecule has 0 nitrogen and oxygen atoms in total. The molecule has 4 bridgehead atoms. The van der Waals surface area contributed by atoms with E-state index in [1.165, 1.54) is 0 Å². The number of hydrogen-bond donors (Lipinski definition) is 0. The quantitative estimate of drug-likeness (QED) is 0.240. The van der Waals surface area contributed by atoms with Crippen molar-refractivity contribution < 1.29 is 105 Å². The molecule has 4 saturated carbocycles. The Kier molecular flexibility index (Phi) is 4.98. The van der Waals surface area contributed by atoms with Crippen molar-refractivity contribution in [3.8, 4) is 0 Å². The summed E-state index contributed by atoms with van der Waals surface area (Å²) in [5, 5.41) is 0. The molecule has 0 amide bonds. The highest BCUT2D eigenvalue weighted by molar-refractivity contribution is 5.52. The van der Waals surface area contributed by atoms with E-state index in [2.05, 4.69) is 0 Å². The van der Waals surface area contributed by atoms with E-state index in [1.54, 1.807) is 0 Å². The van der Waals surface area contributed by atoms with Crippen LogP contribution in [0.1, 0.15) is 0 Å². The summed E-state index contributed by atoms with van der Waals surface area (Å²) < 4.78 is 342. The lowest BCUT2D eigenvalue weighted by Gasteiger charge is -2.80. The number of halogens is 24. The maximum Gasteiger partial charge on any atom is 0.412 e. The van der Waals surface area contributed by atoms with E-state index in [1.807, 2.05) is 0 Å². The van der Waals surface area contributed by atoms with Crippen LogP contribution in [0.5, 0.6) is 0 Å². The smallest absolute Gasteiger partial charge is 0.204 e. The summed E-state index contributed by atoms with van der Waals surface area (Å²) in [6.07, 6.45) is -36.6. The molecule has 4 rings (SSSR count). The molecule has 0 aromatic rings. The fourth-order valence-electron chi connectivity index (χ4n) is 6.19. The molecule has 0 spiro atoms. The first-order valence-electron chi connectivity index (χ1n) is 8.54. The van der Waals surface area contributed by atoms with Crippen LogP contribution in [0, 0.1) is 21.7 Å². The minimum absolute atomic E-state index is 9.16. The zero-order valence-corrected chi connectivity index (χ0v) is 16.1. The lowest BCUT2D eigenvalue weighted by Crippen LogP contribution is -3.09. The Labute approximate surface area is 188 Å². The van der Waals surface area contributed by atoms with E-state index in [-0.39, 0.29) is 0 Å². The van der Waals surface area contributed by atoms with Gasteiger partial charge >= 0.3 is 24.7 Å². The first-order valence-corrected chi connectivity index (χ1v) is 8.54. The van der Waals surface area contributed by atoms with Gasteiger partial charge in [0.2, 0.25) is 0 Å². The zero-order valence-electron chi connectivity index (χ0n) is 16.1. The highest BCUT2D eigenvalue weighted by atomic mass is 19.4. The van der Waals surface area contributed by atoms with Gasteiger partial charge in [0.1, 0.15) is 0 Å². The number of hydrogen-bond acceptors (Lipinski definition) is 0. The Morgan fingerprint density at radius 2 is 0.289 bits per heavy atom. The van der Waals surface area contributed by atoms with Crippen molar-refractivity contribution in [2.24, 2.45) is 21.7 Å². The van der Waals surface area contributed by atoms with Crippen molar-refractivity contribution in [1.29, 1.82) is 0 Å². The van der Waals surface area contributed by atoms with Crippen LogP contribution < -0.4 is 0 Å². The molecule has 0 atom stereocenters. The average molecular weight is 624 g/mol. The van der Waals surface area contributed by atoms with Crippen LogP contribution in [-0.4, -0.2) is 60.2 Å². The van der Waals surface area contributed by atoms with Gasteiger partial charge in [-0.05, 0) is 0 Å². The summed E-state index contributed by atoms with van der Waals surface area (Å²) in [6, 6.07) is 0. The lowest BCUT2D eigenvalue weighted by atomic mass is 9.25. The Hall–Kier alpha value is -1.68. The van der Waals surface area contributed by atoms with Crippen LogP contribution in [0.4, 0.5) is 105 Å². The van der Waals surface area contributed by atoms with E-state index in [0.29, 0.717) is 0 Å². The molecule has 38 heavy (non-hydrogen) atoms. The van der Waals surface area contributed by atoms with Crippen LogP contribution in [-0.2, 0) is 0 Å². The third-order valence-electron chi connectivity index (χ3n) is 7.35. The van der Waals surface area contributed by atoms with Crippen molar-refractivity contribution in [3.05, 3.63) is 0 Å². The minimum atomic E-state index is -9.55. The Morgan fingerprint density at radius 3 is 0.342 bits per heavy atom. The van der Waals surface area contributed by atoms with Crippen LogP contribution in [0.25, 0.3) is 0 Å². The summed E-state index contributed by atoms with van der Waals surface area (Å²) in [7, 11) is 0. The molecular weight excluding hydrogens is 624 g/mol. The largest absolute Gasteiger partial charge is 0.412 e. The second kappa shape index (κ2) is 6.14. The molecule has 0 N–H and O–H groups in total. The highest BCUT2D eigenvalue weighted by Crippen LogP contribution is 3.01. The molecule has 4 aliphatic carbocycles. The van der Waals surface area contributed by atoms with Gasteiger partial charge in [-0.15, -0.1) is 0 Å². The van der Waals surface area contributed by atoms with Gasteiger partial charge in [-0.2, -0.15) is 52.7 Å². The Bertz CT molecular complexity index is 797. The van der Waals surface area contributed by atoms with Gasteiger partial charge in [0.25, 0.3) is 57.2 Å². The fraction of sp³-hybridized carbons (Fsp3) is 1.00. The molecule has 0 saturated heterocycles. The SMILES string of the molecule is FC(F)(F)C12C(F)(F)C3(C(F)(F)F)C(F)(F)C(C(F)(F)F)(C1(F)F)C(F)(F)C(C(F)(F)F)(C2(F)F)C3(F)F. The molecule has 0 radical (unpaired) electrons. The van der Waals surface area contributed by atoms with Crippen LogP contribution >= 0.6 is 0 Å². The average Bonchev–Trinajstić information content (AvgIpc) is 2.41. The third-order valence-corrected chi connectivity index (χ3v) is 7.35. The highest BCUT2D eigenvalue weighted by Gasteiger charge is 3.29. The van der Waals surface area contributed by atoms with Crippen LogP contribution in [0.2, 0.25) is 0 Å². The van der Waals surface area contributed by atoms with Crippen molar-refractivity contribution in [2.75, 3.05) is 0 Å². The van der Waals surface area contributed by atoms with Gasteiger partial charge in [-0.25, -0.2) is 52.7 Å². The van der Waals surface area contributed by atoms with Crippen LogP contribution in [0.3, 0.4) is 0 Å². The monoisotopic (exact) mass is 624 g/mol. The summed E-state index contributed by atoms with van der Waals surface area (Å²) in [6.45, 7) is 0. The molecule has 0 heterocycles. The summed E-state index contributed by atoms with van der Waals surface area (Å²) in [5.74, 6) is -57.2. The van der Waals surface area contributed by atoms with Crippen molar-refractivity contribution in [2.45, 2.75) is 60.2 Å². The van der Waals surface area contributed by atoms with E-state index in [4.69, 9.17) is 0 Å². The van der Waals surface area contributed by atoms with Gasteiger partial charge < -0.3 is 0 Å². The third kappa shape index (κ3) is 1.88. The molecule has 0 aliphatic heterocycles. The molecular formula is C14F24. The molecule has 4 fully saturated rings. The van der Waals surface area contributed by atoms with E-state index in [9.17, 15) is 105 Å². The second-order valence-electron chi connectivity index (χ2n) is 8.44. The Balaban J connectivity index is 3.10. The van der Waals surface area contributed by atoms with E-state index >= 15 is 0 Å². The number of rotatable bonds is 0. The predicted octanol–water partition coefficient (Wildman–Crippen LogP) is 8.03. The lowest BCUT2D eigenvalue weighted by molar-refractivity contribution is -0.699. The van der Waals surface area contributed by atoms with Crippen molar-refractivity contribution in [3.63, 3.8) is 0 Å². The first kappa shape index (κ1) is 30.9. The predicted molar refractivity (Wildman–Crippen MR) is 63.6 cm³/mol. The zero-order chi connectivity index (χ0) is 31.0. The molecule has 0 unspecified atom stereocenters. The molecule has 24 heteroatoms. The topological polar surface area (TPSA) is 0 Å². The van der Waals surface area contributed by atoms with E-state index < -0.39 is 81.9 Å². The molecule has 0 aromatic heterocycles. The van der Waals surface area contributed by atoms with Gasteiger partial charge in [-0.3, -0.25) is 0 Å². The number of alkyl halides is 24. The summed E-state index contributed by atoms with van der Waals surface area (Å²) >= 11 is 0.